The lowest BCUT2D eigenvalue weighted by Crippen LogP contribution is -2.34. The van der Waals surface area contributed by atoms with Crippen LogP contribution in [-0.2, 0) is 6.54 Å². The number of aromatic nitrogens is 2. The molecule has 17 heavy (non-hydrogen) atoms. The first-order valence-corrected chi connectivity index (χ1v) is 5.75. The molecule has 94 valence electrons. The highest BCUT2D eigenvalue weighted by atomic mass is 16.2. The minimum Gasteiger partial charge on any atom is -0.395 e. The van der Waals surface area contributed by atoms with Gasteiger partial charge < -0.3 is 11.1 Å². The number of carbonyl (C=O) groups excluding carboxylic acids is 1. The molecule has 0 radical (unpaired) electrons. The molecule has 1 atom stereocenters. The fourth-order valence-corrected chi connectivity index (χ4v) is 1.66. The van der Waals surface area contributed by atoms with E-state index in [4.69, 9.17) is 5.73 Å². The molecule has 1 aromatic rings. The Morgan fingerprint density at radius 2 is 2.35 bits per heavy atom. The predicted molar refractivity (Wildman–Crippen MR) is 68.8 cm³/mol. The Kier molecular flexibility index (Phi) is 4.31. The van der Waals surface area contributed by atoms with E-state index >= 15 is 0 Å². The Labute approximate surface area is 102 Å². The van der Waals surface area contributed by atoms with Crippen molar-refractivity contribution in [3.63, 3.8) is 0 Å². The van der Waals surface area contributed by atoms with E-state index in [-0.39, 0.29) is 11.9 Å². The fraction of sp³-hybridized carbons (Fsp3) is 0.500. The molecule has 1 heterocycles. The van der Waals surface area contributed by atoms with Gasteiger partial charge in [-0.25, -0.2) is 0 Å². The second-order valence-electron chi connectivity index (χ2n) is 4.06. The molecule has 0 saturated carbocycles. The molecule has 0 saturated heterocycles. The summed E-state index contributed by atoms with van der Waals surface area (Å²) in [7, 11) is 0. The quantitative estimate of drug-likeness (QED) is 0.761. The summed E-state index contributed by atoms with van der Waals surface area (Å²) in [5, 5.41) is 7.09. The van der Waals surface area contributed by atoms with Crippen LogP contribution in [0.5, 0.6) is 0 Å². The van der Waals surface area contributed by atoms with Crippen molar-refractivity contribution in [3.8, 4) is 0 Å². The number of aryl methyl sites for hydroxylation is 2. The van der Waals surface area contributed by atoms with Gasteiger partial charge in [-0.15, -0.1) is 6.58 Å². The first-order chi connectivity index (χ1) is 8.01. The van der Waals surface area contributed by atoms with Crippen molar-refractivity contribution in [1.82, 2.24) is 15.1 Å². The van der Waals surface area contributed by atoms with E-state index in [2.05, 4.69) is 17.0 Å². The molecule has 1 rings (SSSR count). The zero-order chi connectivity index (χ0) is 13.0. The molecule has 1 unspecified atom stereocenters. The predicted octanol–water partition coefficient (Wildman–Crippen LogP) is 1.49. The van der Waals surface area contributed by atoms with E-state index in [9.17, 15) is 4.79 Å². The van der Waals surface area contributed by atoms with Crippen LogP contribution in [0.4, 0.5) is 5.69 Å². The molecule has 0 aliphatic rings. The van der Waals surface area contributed by atoms with Gasteiger partial charge in [-0.1, -0.05) is 6.08 Å². The normalized spacial score (nSPS) is 12.2. The average molecular weight is 236 g/mol. The number of nitrogens with zero attached hydrogens (tertiary/aromatic N) is 2. The maximum atomic E-state index is 12.1. The summed E-state index contributed by atoms with van der Waals surface area (Å²) in [4.78, 5) is 12.1. The first-order valence-electron chi connectivity index (χ1n) is 5.75. The number of hydrogen-bond donors (Lipinski definition) is 2. The Balaban J connectivity index is 2.91. The van der Waals surface area contributed by atoms with Crippen molar-refractivity contribution in [3.05, 3.63) is 24.0 Å². The lowest BCUT2D eigenvalue weighted by atomic mass is 10.2. The third kappa shape index (κ3) is 2.87. The average Bonchev–Trinajstić information content (AvgIpc) is 2.55. The van der Waals surface area contributed by atoms with E-state index in [1.54, 1.807) is 17.7 Å². The maximum Gasteiger partial charge on any atom is 0.271 e. The molecule has 0 aliphatic carbocycles. The van der Waals surface area contributed by atoms with E-state index in [1.807, 2.05) is 13.8 Å². The van der Waals surface area contributed by atoms with Crippen LogP contribution < -0.4 is 11.1 Å². The van der Waals surface area contributed by atoms with Gasteiger partial charge >= 0.3 is 0 Å². The number of hydrogen-bond acceptors (Lipinski definition) is 3. The molecule has 0 aliphatic heterocycles. The second kappa shape index (κ2) is 5.52. The van der Waals surface area contributed by atoms with Gasteiger partial charge in [0.15, 0.2) is 0 Å². The van der Waals surface area contributed by atoms with E-state index < -0.39 is 0 Å². The van der Waals surface area contributed by atoms with Gasteiger partial charge in [-0.2, -0.15) is 5.10 Å². The topological polar surface area (TPSA) is 72.9 Å². The van der Waals surface area contributed by atoms with Crippen molar-refractivity contribution in [1.29, 1.82) is 0 Å². The number of nitrogens with two attached hydrogens (primary N) is 1. The van der Waals surface area contributed by atoms with Crippen LogP contribution in [0.25, 0.3) is 0 Å². The van der Waals surface area contributed by atoms with Gasteiger partial charge in [0.05, 0.1) is 11.4 Å². The van der Waals surface area contributed by atoms with Crippen molar-refractivity contribution in [2.75, 3.05) is 5.73 Å². The van der Waals surface area contributed by atoms with Crippen LogP contribution in [0.2, 0.25) is 0 Å². The zero-order valence-electron chi connectivity index (χ0n) is 10.7. The first kappa shape index (κ1) is 13.3. The Morgan fingerprint density at radius 3 is 2.88 bits per heavy atom. The third-order valence-corrected chi connectivity index (χ3v) is 2.59. The highest BCUT2D eigenvalue weighted by molar-refractivity contribution is 5.98. The summed E-state index contributed by atoms with van der Waals surface area (Å²) in [6.45, 7) is 9.91. The summed E-state index contributed by atoms with van der Waals surface area (Å²) in [5.74, 6) is -0.181. The summed E-state index contributed by atoms with van der Waals surface area (Å²) in [5.41, 5.74) is 7.45. The Morgan fingerprint density at radius 1 is 1.71 bits per heavy atom. The minimum atomic E-state index is -0.181. The molecule has 0 bridgehead atoms. The Bertz CT molecular complexity index is 422. The molecule has 0 fully saturated rings. The van der Waals surface area contributed by atoms with E-state index in [1.165, 1.54) is 0 Å². The number of nitrogens with one attached hydrogen (secondary N) is 1. The van der Waals surface area contributed by atoms with Crippen LogP contribution in [0.3, 0.4) is 0 Å². The number of anilines is 1. The molecule has 5 nitrogen and oxygen atoms in total. The van der Waals surface area contributed by atoms with Crippen molar-refractivity contribution in [2.45, 2.75) is 39.8 Å². The van der Waals surface area contributed by atoms with Gasteiger partial charge in [0.25, 0.3) is 5.91 Å². The summed E-state index contributed by atoms with van der Waals surface area (Å²) >= 11 is 0. The van der Waals surface area contributed by atoms with Crippen LogP contribution in [0.1, 0.15) is 36.5 Å². The van der Waals surface area contributed by atoms with Crippen molar-refractivity contribution >= 4 is 11.6 Å². The van der Waals surface area contributed by atoms with Crippen LogP contribution in [-0.4, -0.2) is 21.7 Å². The van der Waals surface area contributed by atoms with Gasteiger partial charge in [0.2, 0.25) is 0 Å². The molecule has 3 N–H and O–H groups in total. The zero-order valence-corrected chi connectivity index (χ0v) is 10.7. The van der Waals surface area contributed by atoms with Crippen LogP contribution >= 0.6 is 0 Å². The molecular weight excluding hydrogens is 216 g/mol. The number of carbonyl (C=O) groups is 1. The fourth-order valence-electron chi connectivity index (χ4n) is 1.66. The van der Waals surface area contributed by atoms with Crippen molar-refractivity contribution in [2.24, 2.45) is 0 Å². The van der Waals surface area contributed by atoms with Gasteiger partial charge in [0, 0.05) is 12.6 Å². The number of nitrogen functional groups attached to an aromatic ring is 1. The summed E-state index contributed by atoms with van der Waals surface area (Å²) in [6.07, 6.45) is 2.50. The lowest BCUT2D eigenvalue weighted by Gasteiger charge is -2.12. The smallest absolute Gasteiger partial charge is 0.271 e. The number of rotatable bonds is 5. The third-order valence-electron chi connectivity index (χ3n) is 2.59. The SMILES string of the molecule is C=CCC(C)NC(=O)c1c(N)c(C)nn1CC. The second-order valence-corrected chi connectivity index (χ2v) is 4.06. The summed E-state index contributed by atoms with van der Waals surface area (Å²) < 4.78 is 1.63. The molecule has 1 amide bonds. The van der Waals surface area contributed by atoms with Gasteiger partial charge in [-0.3, -0.25) is 9.48 Å². The highest BCUT2D eigenvalue weighted by Gasteiger charge is 2.19. The van der Waals surface area contributed by atoms with Crippen LogP contribution in [0, 0.1) is 6.92 Å². The van der Waals surface area contributed by atoms with E-state index in [0.717, 1.165) is 6.42 Å². The van der Waals surface area contributed by atoms with Crippen molar-refractivity contribution < 1.29 is 4.79 Å². The molecule has 0 spiro atoms. The Hall–Kier alpha value is -1.78. The summed E-state index contributed by atoms with van der Waals surface area (Å²) in [6, 6.07) is 0.0416. The maximum absolute atomic E-state index is 12.1. The monoisotopic (exact) mass is 236 g/mol. The highest BCUT2D eigenvalue weighted by Crippen LogP contribution is 2.16. The molecule has 0 aromatic carbocycles. The largest absolute Gasteiger partial charge is 0.395 e. The van der Waals surface area contributed by atoms with E-state index in [0.29, 0.717) is 23.6 Å². The molecular formula is C12H20N4O. The minimum absolute atomic E-state index is 0.0416. The molecule has 5 heteroatoms. The van der Waals surface area contributed by atoms with Gasteiger partial charge in [0.1, 0.15) is 5.69 Å². The standard InChI is InChI=1S/C12H20N4O/c1-5-7-8(3)14-12(17)11-10(13)9(4)15-16(11)6-2/h5,8H,1,6-7,13H2,2-4H3,(H,14,17). The van der Waals surface area contributed by atoms with Crippen LogP contribution in [0.15, 0.2) is 12.7 Å². The number of amides is 1. The van der Waals surface area contributed by atoms with Gasteiger partial charge in [-0.05, 0) is 27.2 Å². The lowest BCUT2D eigenvalue weighted by molar-refractivity contribution is 0.0930. The molecule has 1 aromatic heterocycles.